The van der Waals surface area contributed by atoms with Crippen molar-refractivity contribution in [2.75, 3.05) is 85.6 Å². The number of hydrogen-bond acceptors (Lipinski definition) is 12. The van der Waals surface area contributed by atoms with Crippen LogP contribution in [-0.4, -0.2) is 192 Å². The molecule has 418 valence electrons. The van der Waals surface area contributed by atoms with Crippen molar-refractivity contribution in [1.82, 2.24) is 50.2 Å². The molecule has 2 aromatic rings. The number of terminal acetylenes is 2. The lowest BCUT2D eigenvalue weighted by atomic mass is 9.98. The predicted octanol–water partition coefficient (Wildman–Crippen LogP) is 5.65. The normalized spacial score (nSPS) is 11.7. The van der Waals surface area contributed by atoms with E-state index in [1.807, 2.05) is 48.5 Å². The lowest BCUT2D eigenvalue weighted by Gasteiger charge is -2.36. The number of nitrogens with one attached hydrogen (secondary N) is 3. The molecule has 0 spiro atoms. The maximum absolute atomic E-state index is 14.6. The highest BCUT2D eigenvalue weighted by Crippen LogP contribution is 2.44. The summed E-state index contributed by atoms with van der Waals surface area (Å²) in [6.45, 7) is 9.14. The number of benzene rings is 2. The van der Waals surface area contributed by atoms with Gasteiger partial charge in [-0.25, -0.2) is 43.5 Å². The molecule has 14 amide bonds. The number of alkyl carbamates (subject to hydrolysis) is 2. The van der Waals surface area contributed by atoms with Crippen LogP contribution >= 0.6 is 0 Å². The van der Waals surface area contributed by atoms with Gasteiger partial charge in [0.1, 0.15) is 37.9 Å². The maximum Gasteiger partial charge on any atom is 0.407 e. The van der Waals surface area contributed by atoms with Gasteiger partial charge in [-0.15, -0.1) is 12.8 Å². The van der Waals surface area contributed by atoms with Crippen LogP contribution in [0, 0.1) is 24.7 Å². The van der Waals surface area contributed by atoms with Gasteiger partial charge in [0, 0.05) is 45.7 Å². The molecule has 0 aliphatic heterocycles. The molecular weight excluding hydrogens is 993 g/mol. The summed E-state index contributed by atoms with van der Waals surface area (Å²) in [5.74, 6) is 1.22. The summed E-state index contributed by atoms with van der Waals surface area (Å²) in [6.07, 6.45) is 10.4. The summed E-state index contributed by atoms with van der Waals surface area (Å²) < 4.78 is 11.1. The van der Waals surface area contributed by atoms with Gasteiger partial charge in [0.25, 0.3) is 0 Å². The molecule has 0 bridgehead atoms. The zero-order valence-corrected chi connectivity index (χ0v) is 46.0. The van der Waals surface area contributed by atoms with E-state index >= 15 is 0 Å². The largest absolute Gasteiger partial charge is 0.449 e. The number of urea groups is 4. The van der Waals surface area contributed by atoms with Gasteiger partial charge in [0.15, 0.2) is 0 Å². The van der Waals surface area contributed by atoms with E-state index in [1.165, 1.54) is 7.05 Å². The van der Waals surface area contributed by atoms with Crippen molar-refractivity contribution in [2.24, 2.45) is 0 Å². The third-order valence-electron chi connectivity index (χ3n) is 11.7. The first-order valence-corrected chi connectivity index (χ1v) is 25.9. The van der Waals surface area contributed by atoms with E-state index in [0.29, 0.717) is 11.3 Å². The Morgan fingerprint density at radius 1 is 0.584 bits per heavy atom. The van der Waals surface area contributed by atoms with Gasteiger partial charge in [0.05, 0.1) is 19.6 Å². The van der Waals surface area contributed by atoms with Crippen molar-refractivity contribution in [3.63, 3.8) is 0 Å². The number of fused-ring (bicyclic) bond motifs is 3. The summed E-state index contributed by atoms with van der Waals surface area (Å²) in [6, 6.07) is 9.53. The van der Waals surface area contributed by atoms with E-state index in [9.17, 15) is 47.9 Å². The molecule has 0 heterocycles. The molecule has 1 aliphatic rings. The fraction of sp³-hybridized carbons (Fsp3) is 0.527. The monoisotopic (exact) mass is 1070 g/mol. The van der Waals surface area contributed by atoms with E-state index in [1.54, 1.807) is 55.4 Å². The summed E-state index contributed by atoms with van der Waals surface area (Å²) in [7, 11) is 1.39. The molecule has 3 N–H and O–H groups in total. The van der Waals surface area contributed by atoms with Crippen LogP contribution in [0.2, 0.25) is 0 Å². The first-order valence-electron chi connectivity index (χ1n) is 25.9. The Morgan fingerprint density at radius 2 is 1.04 bits per heavy atom. The zero-order valence-electron chi connectivity index (χ0n) is 46.0. The third-order valence-corrected chi connectivity index (χ3v) is 11.7. The highest BCUT2D eigenvalue weighted by molar-refractivity contribution is 6.08. The van der Waals surface area contributed by atoms with Crippen molar-refractivity contribution in [3.8, 4) is 35.8 Å². The van der Waals surface area contributed by atoms with Gasteiger partial charge in [-0.2, -0.15) is 0 Å². The second-order valence-corrected chi connectivity index (χ2v) is 19.0. The van der Waals surface area contributed by atoms with Gasteiger partial charge in [-0.1, -0.05) is 95.0 Å². The second-order valence-electron chi connectivity index (χ2n) is 19.0. The number of nitrogens with zero attached hydrogens (tertiary/aromatic N) is 7. The minimum absolute atomic E-state index is 0.00383. The molecule has 3 rings (SSSR count). The molecule has 1 aliphatic carbocycles. The fourth-order valence-corrected chi connectivity index (χ4v) is 8.29. The van der Waals surface area contributed by atoms with Crippen LogP contribution in [-0.2, 0) is 28.7 Å². The predicted molar refractivity (Wildman–Crippen MR) is 288 cm³/mol. The maximum atomic E-state index is 14.6. The van der Waals surface area contributed by atoms with E-state index in [2.05, 4.69) is 27.8 Å². The molecule has 0 saturated carbocycles. The summed E-state index contributed by atoms with van der Waals surface area (Å²) >= 11 is 0. The topological polar surface area (TPSA) is 248 Å². The van der Waals surface area contributed by atoms with Crippen LogP contribution in [0.15, 0.2) is 48.5 Å². The number of ether oxygens (including phenoxy) is 2. The Hall–Kier alpha value is -8.14. The van der Waals surface area contributed by atoms with Crippen LogP contribution in [0.25, 0.3) is 11.1 Å². The van der Waals surface area contributed by atoms with E-state index in [-0.39, 0.29) is 84.0 Å². The molecule has 22 nitrogen and oxygen atoms in total. The van der Waals surface area contributed by atoms with E-state index < -0.39 is 97.8 Å². The molecular formula is C55H76N10O12. The Morgan fingerprint density at radius 3 is 1.52 bits per heavy atom. The average molecular weight is 1070 g/mol. The molecule has 0 radical (unpaired) electrons. The minimum atomic E-state index is -1.59. The minimum Gasteiger partial charge on any atom is -0.449 e. The number of imide groups is 4. The van der Waals surface area contributed by atoms with Gasteiger partial charge >= 0.3 is 36.3 Å². The van der Waals surface area contributed by atoms with Crippen LogP contribution in [0.1, 0.15) is 105 Å². The SMILES string of the molecule is C#CCN(CC(=O)NC)C(=O)CN(CCC)C(=O)N(CCC)C(=O)N(CCC)C(=O)N(CCC)C(=O)N(CCC)C(=O)CN(CC#C)C(=O)C(CNC(=O)OC(C)(C)C)NC(=O)OCC1c2ccccc2-c2ccccc21. The molecule has 1 unspecified atom stereocenters. The van der Waals surface area contributed by atoms with Gasteiger partial charge < -0.3 is 40.1 Å². The Kier molecular flexibility index (Phi) is 25.5. The van der Waals surface area contributed by atoms with Gasteiger partial charge in [-0.05, 0) is 75.1 Å². The van der Waals surface area contributed by atoms with Gasteiger partial charge in [0.2, 0.25) is 23.6 Å². The van der Waals surface area contributed by atoms with Crippen molar-refractivity contribution in [2.45, 2.75) is 105 Å². The number of amides is 14. The van der Waals surface area contributed by atoms with Crippen LogP contribution in [0.3, 0.4) is 0 Å². The van der Waals surface area contributed by atoms with Crippen molar-refractivity contribution in [1.29, 1.82) is 0 Å². The molecule has 1 atom stereocenters. The van der Waals surface area contributed by atoms with E-state index in [0.717, 1.165) is 51.7 Å². The van der Waals surface area contributed by atoms with Crippen LogP contribution < -0.4 is 16.0 Å². The standard InChI is InChI=1S/C55H76N10O12/c1-12-27-59(35-45(66)56-11)46(67)36-61(29-14-3)51(72)63(31-16-5)53(74)65(33-18-7)54(75)64(32-17-6)52(73)62(30-15-4)47(68)37-60(28-13-2)48(69)44(34-57-49(70)77-55(8,9)10)58-50(71)76-38-43-41-25-21-19-23-39(41)40-24-20-22-26-42(40)43/h1-2,19-26,43-44H,14-18,27-38H2,3-11H3,(H,56,66)(H,57,70)(H,58,71). The fourth-order valence-electron chi connectivity index (χ4n) is 8.29. The molecule has 22 heteroatoms. The molecule has 77 heavy (non-hydrogen) atoms. The summed E-state index contributed by atoms with van der Waals surface area (Å²) in [4.78, 5) is 145. The Balaban J connectivity index is 1.94. The van der Waals surface area contributed by atoms with Crippen molar-refractivity contribution < 1.29 is 57.4 Å². The van der Waals surface area contributed by atoms with Gasteiger partial charge in [-0.3, -0.25) is 24.1 Å². The summed E-state index contributed by atoms with van der Waals surface area (Å²) in [5, 5.41) is 7.39. The third kappa shape index (κ3) is 18.0. The van der Waals surface area contributed by atoms with Crippen LogP contribution in [0.4, 0.5) is 28.8 Å². The molecule has 2 aromatic carbocycles. The molecule has 0 fully saturated rings. The average Bonchev–Trinajstić information content (AvgIpc) is 3.72. The smallest absolute Gasteiger partial charge is 0.407 e. The number of rotatable bonds is 24. The zero-order chi connectivity index (χ0) is 57.4. The first-order chi connectivity index (χ1) is 36.7. The van der Waals surface area contributed by atoms with Crippen LogP contribution in [0.5, 0.6) is 0 Å². The highest BCUT2D eigenvalue weighted by Gasteiger charge is 2.40. The van der Waals surface area contributed by atoms with Crippen molar-refractivity contribution >= 4 is 59.9 Å². The highest BCUT2D eigenvalue weighted by atomic mass is 16.6. The number of carbonyl (C=O) groups excluding carboxylic acids is 10. The number of likely N-dealkylation sites (N-methyl/N-ethyl adjacent to an activating group) is 1. The quantitative estimate of drug-likeness (QED) is 0.108. The van der Waals surface area contributed by atoms with Crippen molar-refractivity contribution in [3.05, 3.63) is 59.7 Å². The Labute approximate surface area is 452 Å². The first kappa shape index (κ1) is 63.2. The number of carbonyl (C=O) groups is 10. The molecule has 0 aromatic heterocycles. The Bertz CT molecular complexity index is 2470. The number of hydrogen-bond donors (Lipinski definition) is 3. The lowest BCUT2D eigenvalue weighted by Crippen LogP contribution is -2.60. The summed E-state index contributed by atoms with van der Waals surface area (Å²) in [5.41, 5.74) is 2.92. The van der Waals surface area contributed by atoms with E-state index in [4.69, 9.17) is 22.3 Å². The lowest BCUT2D eigenvalue weighted by molar-refractivity contribution is -0.139. The molecule has 0 saturated heterocycles. The second kappa shape index (κ2) is 31.0.